The second-order valence-corrected chi connectivity index (χ2v) is 7.04. The molecule has 23 heavy (non-hydrogen) atoms. The van der Waals surface area contributed by atoms with Gasteiger partial charge < -0.3 is 0 Å². The van der Waals surface area contributed by atoms with E-state index in [0.29, 0.717) is 0 Å². The van der Waals surface area contributed by atoms with Crippen molar-refractivity contribution in [1.29, 1.82) is 0 Å². The molecule has 0 fully saturated rings. The van der Waals surface area contributed by atoms with Gasteiger partial charge in [0.25, 0.3) is 0 Å². The fourth-order valence-electron chi connectivity index (χ4n) is 3.27. The molecule has 1 aromatic rings. The average molecular weight is 316 g/mol. The van der Waals surface area contributed by atoms with Crippen molar-refractivity contribution in [3.8, 4) is 0 Å². The van der Waals surface area contributed by atoms with Gasteiger partial charge in [0.2, 0.25) is 0 Å². The first kappa shape index (κ1) is 20.3. The molecule has 0 bridgehead atoms. The van der Waals surface area contributed by atoms with Crippen molar-refractivity contribution in [1.82, 2.24) is 0 Å². The minimum Gasteiger partial charge on any atom is -0.0622 e. The minimum atomic E-state index is 1.12. The molecule has 0 aliphatic rings. The van der Waals surface area contributed by atoms with Crippen molar-refractivity contribution >= 4 is 0 Å². The lowest BCUT2D eigenvalue weighted by atomic mass is 10.0. The van der Waals surface area contributed by atoms with Crippen LogP contribution < -0.4 is 0 Å². The number of rotatable bonds is 16. The van der Waals surface area contributed by atoms with E-state index in [2.05, 4.69) is 37.3 Å². The summed E-state index contributed by atoms with van der Waals surface area (Å²) in [5.41, 5.74) is 1.50. The van der Waals surface area contributed by atoms with Crippen LogP contribution >= 0.6 is 0 Å². The first-order valence-corrected chi connectivity index (χ1v) is 10.3. The highest BCUT2D eigenvalue weighted by molar-refractivity contribution is 5.14. The molecule has 0 N–H and O–H groups in total. The number of unbranched alkanes of at least 4 members (excludes halogenated alkanes) is 14. The second kappa shape index (κ2) is 16.1. The Morgan fingerprint density at radius 3 is 1.30 bits per heavy atom. The normalized spacial score (nSPS) is 11.0. The number of hydrogen-bond donors (Lipinski definition) is 0. The van der Waals surface area contributed by atoms with E-state index in [-0.39, 0.29) is 0 Å². The van der Waals surface area contributed by atoms with E-state index in [4.69, 9.17) is 0 Å². The van der Waals surface area contributed by atoms with Gasteiger partial charge in [-0.3, -0.25) is 0 Å². The summed E-state index contributed by atoms with van der Waals surface area (Å²) >= 11 is 0. The zero-order chi connectivity index (χ0) is 16.4. The summed E-state index contributed by atoms with van der Waals surface area (Å²) in [4.78, 5) is 0. The van der Waals surface area contributed by atoms with Crippen LogP contribution in [0.2, 0.25) is 0 Å². The lowest BCUT2D eigenvalue weighted by Crippen LogP contribution is -1.86. The summed E-state index contributed by atoms with van der Waals surface area (Å²) in [6, 6.07) is 10.9. The predicted octanol–water partition coefficient (Wildman–Crippen LogP) is 7.91. The molecule has 0 aliphatic carbocycles. The third-order valence-electron chi connectivity index (χ3n) is 4.81. The van der Waals surface area contributed by atoms with E-state index in [0.717, 1.165) is 6.42 Å². The van der Waals surface area contributed by atoms with Crippen molar-refractivity contribution in [3.05, 3.63) is 42.8 Å². The molecule has 0 heteroatoms. The van der Waals surface area contributed by atoms with E-state index in [9.17, 15) is 0 Å². The Morgan fingerprint density at radius 1 is 0.478 bits per heavy atom. The molecule has 131 valence electrons. The standard InChI is InChI=1S/C23H39/c1-2-3-4-5-6-7-8-9-10-11-12-13-14-15-17-20-23-21-18-16-19-22-23/h16,18-19,21-22H,1-15,17,20H2. The van der Waals surface area contributed by atoms with Crippen LogP contribution in [-0.4, -0.2) is 0 Å². The summed E-state index contributed by atoms with van der Waals surface area (Å²) in [6.07, 6.45) is 22.4. The maximum atomic E-state index is 3.90. The molecule has 0 spiro atoms. The third-order valence-corrected chi connectivity index (χ3v) is 4.81. The fourth-order valence-corrected chi connectivity index (χ4v) is 3.27. The number of hydrogen-bond acceptors (Lipinski definition) is 0. The van der Waals surface area contributed by atoms with Gasteiger partial charge >= 0.3 is 0 Å². The molecule has 1 aromatic carbocycles. The molecule has 0 atom stereocenters. The summed E-state index contributed by atoms with van der Waals surface area (Å²) < 4.78 is 0. The van der Waals surface area contributed by atoms with Crippen molar-refractivity contribution < 1.29 is 0 Å². The van der Waals surface area contributed by atoms with Crippen LogP contribution in [0.1, 0.15) is 102 Å². The molecule has 0 nitrogen and oxygen atoms in total. The van der Waals surface area contributed by atoms with Crippen molar-refractivity contribution in [2.24, 2.45) is 0 Å². The topological polar surface area (TPSA) is 0 Å². The average Bonchev–Trinajstić information content (AvgIpc) is 2.59. The van der Waals surface area contributed by atoms with Gasteiger partial charge in [0.15, 0.2) is 0 Å². The first-order chi connectivity index (χ1) is 11.4. The largest absolute Gasteiger partial charge is 0.0622 e. The fraction of sp³-hybridized carbons (Fsp3) is 0.696. The monoisotopic (exact) mass is 315 g/mol. The van der Waals surface area contributed by atoms with Crippen LogP contribution in [0, 0.1) is 6.92 Å². The van der Waals surface area contributed by atoms with Gasteiger partial charge in [-0.2, -0.15) is 0 Å². The highest BCUT2D eigenvalue weighted by atomic mass is 14.0. The van der Waals surface area contributed by atoms with Crippen molar-refractivity contribution in [2.45, 2.75) is 103 Å². The molecular formula is C23H39. The van der Waals surface area contributed by atoms with E-state index in [1.54, 1.807) is 0 Å². The number of benzene rings is 1. The third kappa shape index (κ3) is 13.4. The Kier molecular flexibility index (Phi) is 14.2. The van der Waals surface area contributed by atoms with Gasteiger partial charge in [-0.15, -0.1) is 0 Å². The number of aryl methyl sites for hydroxylation is 1. The van der Waals surface area contributed by atoms with E-state index < -0.39 is 0 Å². The molecule has 0 aliphatic heterocycles. The Morgan fingerprint density at radius 2 is 0.870 bits per heavy atom. The van der Waals surface area contributed by atoms with E-state index >= 15 is 0 Å². The smallest absolute Gasteiger partial charge is 0.0279 e. The molecule has 0 unspecified atom stereocenters. The summed E-state index contributed by atoms with van der Waals surface area (Å²) in [7, 11) is 0. The van der Waals surface area contributed by atoms with Gasteiger partial charge in [-0.1, -0.05) is 127 Å². The van der Waals surface area contributed by atoms with Gasteiger partial charge in [-0.25, -0.2) is 0 Å². The summed E-state index contributed by atoms with van der Waals surface area (Å²) in [5, 5.41) is 0. The second-order valence-electron chi connectivity index (χ2n) is 7.04. The maximum absolute atomic E-state index is 3.90. The minimum absolute atomic E-state index is 1.12. The highest BCUT2D eigenvalue weighted by Gasteiger charge is 1.95. The lowest BCUT2D eigenvalue weighted by Gasteiger charge is -2.04. The zero-order valence-corrected chi connectivity index (χ0v) is 15.4. The predicted molar refractivity (Wildman–Crippen MR) is 105 cm³/mol. The molecule has 0 saturated carbocycles. The molecule has 0 aromatic heterocycles. The Bertz CT molecular complexity index is 327. The maximum Gasteiger partial charge on any atom is -0.0279 e. The van der Waals surface area contributed by atoms with Gasteiger partial charge in [0.1, 0.15) is 0 Å². The zero-order valence-electron chi connectivity index (χ0n) is 15.4. The molecule has 1 radical (unpaired) electrons. The Hall–Kier alpha value is -0.780. The molecule has 0 heterocycles. The van der Waals surface area contributed by atoms with Crippen LogP contribution in [-0.2, 0) is 6.42 Å². The quantitative estimate of drug-likeness (QED) is 0.272. The Labute approximate surface area is 146 Å². The van der Waals surface area contributed by atoms with Gasteiger partial charge in [0.05, 0.1) is 0 Å². The SMILES string of the molecule is [CH2]CCCCCCCCCCCCCCCCc1ccccc1. The summed E-state index contributed by atoms with van der Waals surface area (Å²) in [5.74, 6) is 0. The van der Waals surface area contributed by atoms with Gasteiger partial charge in [0, 0.05) is 0 Å². The van der Waals surface area contributed by atoms with Gasteiger partial charge in [-0.05, 0) is 18.4 Å². The molecule has 0 saturated heterocycles. The lowest BCUT2D eigenvalue weighted by molar-refractivity contribution is 0.533. The highest BCUT2D eigenvalue weighted by Crippen LogP contribution is 2.14. The van der Waals surface area contributed by atoms with E-state index in [1.807, 2.05) is 0 Å². The van der Waals surface area contributed by atoms with Crippen LogP contribution in [0.4, 0.5) is 0 Å². The van der Waals surface area contributed by atoms with Crippen LogP contribution in [0.15, 0.2) is 30.3 Å². The van der Waals surface area contributed by atoms with Crippen LogP contribution in [0.3, 0.4) is 0 Å². The van der Waals surface area contributed by atoms with Crippen molar-refractivity contribution in [3.63, 3.8) is 0 Å². The van der Waals surface area contributed by atoms with E-state index in [1.165, 1.54) is 102 Å². The van der Waals surface area contributed by atoms with Crippen LogP contribution in [0.5, 0.6) is 0 Å². The summed E-state index contributed by atoms with van der Waals surface area (Å²) in [6.45, 7) is 3.90. The van der Waals surface area contributed by atoms with Crippen molar-refractivity contribution in [2.75, 3.05) is 0 Å². The molecule has 1 rings (SSSR count). The molecular weight excluding hydrogens is 276 g/mol. The Balaban J connectivity index is 1.72. The van der Waals surface area contributed by atoms with Crippen LogP contribution in [0.25, 0.3) is 0 Å². The first-order valence-electron chi connectivity index (χ1n) is 10.3. The molecule has 0 amide bonds.